The fraction of sp³-hybridized carbons (Fsp3) is 0.588. The Morgan fingerprint density at radius 1 is 1.35 bits per heavy atom. The normalized spacial score (nSPS) is 18.9. The van der Waals surface area contributed by atoms with Gasteiger partial charge in [-0.3, -0.25) is 0 Å². The van der Waals surface area contributed by atoms with E-state index in [0.29, 0.717) is 5.54 Å². The number of rotatable bonds is 5. The molecule has 1 N–H and O–H groups in total. The van der Waals surface area contributed by atoms with E-state index in [1.165, 1.54) is 31.2 Å². The topological polar surface area (TPSA) is 39.1 Å². The third-order valence-corrected chi connectivity index (χ3v) is 4.74. The molecule has 0 radical (unpaired) electrons. The molecule has 0 saturated heterocycles. The summed E-state index contributed by atoms with van der Waals surface area (Å²) in [6, 6.07) is 10.4. The van der Waals surface area contributed by atoms with E-state index in [2.05, 4.69) is 43.4 Å². The number of likely N-dealkylation sites (N-methyl/N-ethyl adjacent to an activating group) is 1. The minimum Gasteiger partial charge on any atom is -0.308 e. The van der Waals surface area contributed by atoms with Crippen molar-refractivity contribution in [1.29, 1.82) is 5.26 Å². The minimum atomic E-state index is 0.278. The second kappa shape index (κ2) is 6.39. The molecule has 0 aliphatic heterocycles. The zero-order valence-corrected chi connectivity index (χ0v) is 12.8. The first-order valence-corrected chi connectivity index (χ1v) is 7.48. The Bertz CT molecular complexity index is 481. The standard InChI is InChI=1S/C17H25N3/c1-14(16-8-6-7-15(11-16)12-18)19-13-17(20(2)3)9-4-5-10-17/h6-8,11,14,19H,4-5,9-10,13H2,1-3H3. The summed E-state index contributed by atoms with van der Waals surface area (Å²) in [6.07, 6.45) is 5.21. The highest BCUT2D eigenvalue weighted by Gasteiger charge is 2.35. The van der Waals surface area contributed by atoms with Crippen LogP contribution < -0.4 is 5.32 Å². The van der Waals surface area contributed by atoms with E-state index in [1.807, 2.05) is 18.2 Å². The van der Waals surface area contributed by atoms with Gasteiger partial charge in [-0.15, -0.1) is 0 Å². The number of nitriles is 1. The molecule has 0 heterocycles. The van der Waals surface area contributed by atoms with Gasteiger partial charge in [-0.2, -0.15) is 5.26 Å². The molecule has 1 fully saturated rings. The van der Waals surface area contributed by atoms with Crippen LogP contribution in [0.15, 0.2) is 24.3 Å². The molecule has 3 heteroatoms. The van der Waals surface area contributed by atoms with Crippen molar-refractivity contribution in [3.8, 4) is 6.07 Å². The predicted molar refractivity (Wildman–Crippen MR) is 82.5 cm³/mol. The Hall–Kier alpha value is -1.37. The Labute approximate surface area is 122 Å². The summed E-state index contributed by atoms with van der Waals surface area (Å²) in [4.78, 5) is 2.38. The molecule has 108 valence electrons. The second-order valence-corrected chi connectivity index (χ2v) is 6.17. The molecule has 1 saturated carbocycles. The highest BCUT2D eigenvalue weighted by atomic mass is 15.2. The third-order valence-electron chi connectivity index (χ3n) is 4.74. The van der Waals surface area contributed by atoms with Crippen LogP contribution in [0.1, 0.15) is 49.8 Å². The summed E-state index contributed by atoms with van der Waals surface area (Å²) in [5, 5.41) is 12.6. The van der Waals surface area contributed by atoms with Crippen LogP contribution in [0.25, 0.3) is 0 Å². The van der Waals surface area contributed by atoms with Crippen molar-refractivity contribution >= 4 is 0 Å². The van der Waals surface area contributed by atoms with Crippen molar-refractivity contribution in [2.75, 3.05) is 20.6 Å². The van der Waals surface area contributed by atoms with Gasteiger partial charge in [0.25, 0.3) is 0 Å². The van der Waals surface area contributed by atoms with Crippen molar-refractivity contribution in [2.45, 2.75) is 44.2 Å². The molecule has 20 heavy (non-hydrogen) atoms. The van der Waals surface area contributed by atoms with Gasteiger partial charge in [0.05, 0.1) is 11.6 Å². The zero-order chi connectivity index (χ0) is 14.6. The molecule has 0 amide bonds. The van der Waals surface area contributed by atoms with Gasteiger partial charge in [-0.05, 0) is 51.6 Å². The molecule has 2 rings (SSSR count). The van der Waals surface area contributed by atoms with E-state index in [4.69, 9.17) is 5.26 Å². The van der Waals surface area contributed by atoms with Crippen LogP contribution in [-0.4, -0.2) is 31.1 Å². The summed E-state index contributed by atoms with van der Waals surface area (Å²) in [5.74, 6) is 0. The van der Waals surface area contributed by atoms with Crippen molar-refractivity contribution in [3.05, 3.63) is 35.4 Å². The van der Waals surface area contributed by atoms with Crippen LogP contribution >= 0.6 is 0 Å². The van der Waals surface area contributed by atoms with E-state index in [1.54, 1.807) is 0 Å². The summed E-state index contributed by atoms with van der Waals surface area (Å²) < 4.78 is 0. The maximum atomic E-state index is 8.98. The predicted octanol–water partition coefficient (Wildman–Crippen LogP) is 3.08. The fourth-order valence-electron chi connectivity index (χ4n) is 3.15. The maximum Gasteiger partial charge on any atom is 0.0991 e. The molecular formula is C17H25N3. The van der Waals surface area contributed by atoms with Gasteiger partial charge in [0.15, 0.2) is 0 Å². The van der Waals surface area contributed by atoms with Crippen LogP contribution in [0.2, 0.25) is 0 Å². The average molecular weight is 271 g/mol. The van der Waals surface area contributed by atoms with E-state index in [0.717, 1.165) is 12.1 Å². The highest BCUT2D eigenvalue weighted by molar-refractivity contribution is 5.34. The lowest BCUT2D eigenvalue weighted by atomic mass is 9.95. The van der Waals surface area contributed by atoms with Gasteiger partial charge in [0.2, 0.25) is 0 Å². The molecule has 3 nitrogen and oxygen atoms in total. The average Bonchev–Trinajstić information content (AvgIpc) is 2.95. The van der Waals surface area contributed by atoms with Crippen molar-refractivity contribution in [3.63, 3.8) is 0 Å². The van der Waals surface area contributed by atoms with Gasteiger partial charge in [-0.1, -0.05) is 25.0 Å². The zero-order valence-electron chi connectivity index (χ0n) is 12.8. The van der Waals surface area contributed by atoms with Crippen LogP contribution in [-0.2, 0) is 0 Å². The fourth-order valence-corrected chi connectivity index (χ4v) is 3.15. The minimum absolute atomic E-state index is 0.278. The Morgan fingerprint density at radius 3 is 2.65 bits per heavy atom. The van der Waals surface area contributed by atoms with Crippen LogP contribution in [0, 0.1) is 11.3 Å². The molecule has 1 unspecified atom stereocenters. The van der Waals surface area contributed by atoms with Crippen molar-refractivity contribution < 1.29 is 0 Å². The lowest BCUT2D eigenvalue weighted by Gasteiger charge is -2.37. The quantitative estimate of drug-likeness (QED) is 0.894. The number of nitrogens with one attached hydrogen (secondary N) is 1. The summed E-state index contributed by atoms with van der Waals surface area (Å²) in [6.45, 7) is 3.19. The first kappa shape index (κ1) is 15.0. The van der Waals surface area contributed by atoms with Crippen molar-refractivity contribution in [2.24, 2.45) is 0 Å². The lowest BCUT2D eigenvalue weighted by molar-refractivity contribution is 0.150. The van der Waals surface area contributed by atoms with Gasteiger partial charge in [0.1, 0.15) is 0 Å². The Balaban J connectivity index is 2.01. The third kappa shape index (κ3) is 3.20. The summed E-state index contributed by atoms with van der Waals surface area (Å²) in [7, 11) is 4.38. The molecule has 0 bridgehead atoms. The maximum absolute atomic E-state index is 8.98. The smallest absolute Gasteiger partial charge is 0.0991 e. The highest BCUT2D eigenvalue weighted by Crippen LogP contribution is 2.33. The SMILES string of the molecule is CC(NCC1(N(C)C)CCCC1)c1cccc(C#N)c1. The van der Waals surface area contributed by atoms with E-state index in [-0.39, 0.29) is 6.04 Å². The number of benzene rings is 1. The number of hydrogen-bond donors (Lipinski definition) is 1. The molecule has 0 spiro atoms. The largest absolute Gasteiger partial charge is 0.308 e. The first-order chi connectivity index (χ1) is 9.57. The number of nitrogens with zero attached hydrogens (tertiary/aromatic N) is 2. The van der Waals surface area contributed by atoms with E-state index in [9.17, 15) is 0 Å². The molecular weight excluding hydrogens is 246 g/mol. The summed E-state index contributed by atoms with van der Waals surface area (Å²) >= 11 is 0. The Morgan fingerprint density at radius 2 is 2.05 bits per heavy atom. The molecule has 1 aromatic carbocycles. The lowest BCUT2D eigenvalue weighted by Crippen LogP contribution is -2.50. The van der Waals surface area contributed by atoms with E-state index < -0.39 is 0 Å². The first-order valence-electron chi connectivity index (χ1n) is 7.48. The monoisotopic (exact) mass is 271 g/mol. The second-order valence-electron chi connectivity index (χ2n) is 6.17. The van der Waals surface area contributed by atoms with Crippen LogP contribution in [0.3, 0.4) is 0 Å². The molecule has 1 aliphatic rings. The van der Waals surface area contributed by atoms with E-state index >= 15 is 0 Å². The van der Waals surface area contributed by atoms with Gasteiger partial charge in [-0.25, -0.2) is 0 Å². The van der Waals surface area contributed by atoms with Gasteiger partial charge < -0.3 is 10.2 Å². The molecule has 1 atom stereocenters. The number of hydrogen-bond acceptors (Lipinski definition) is 3. The molecule has 0 aromatic heterocycles. The van der Waals surface area contributed by atoms with Crippen LogP contribution in [0.5, 0.6) is 0 Å². The van der Waals surface area contributed by atoms with Crippen LogP contribution in [0.4, 0.5) is 0 Å². The van der Waals surface area contributed by atoms with Gasteiger partial charge >= 0.3 is 0 Å². The van der Waals surface area contributed by atoms with Gasteiger partial charge in [0, 0.05) is 18.1 Å². The van der Waals surface area contributed by atoms with Crippen molar-refractivity contribution in [1.82, 2.24) is 10.2 Å². The Kier molecular flexibility index (Phi) is 4.80. The summed E-state index contributed by atoms with van der Waals surface area (Å²) in [5.41, 5.74) is 2.23. The molecule has 1 aliphatic carbocycles. The molecule has 1 aromatic rings.